The summed E-state index contributed by atoms with van der Waals surface area (Å²) in [5, 5.41) is 22.0. The summed E-state index contributed by atoms with van der Waals surface area (Å²) < 4.78 is 51.9. The Balaban J connectivity index is 2.05. The number of ether oxygens (including phenoxy) is 1. The van der Waals surface area contributed by atoms with Crippen LogP contribution in [0.5, 0.6) is 0 Å². The predicted molar refractivity (Wildman–Crippen MR) is 174 cm³/mol. The zero-order valence-corrected chi connectivity index (χ0v) is 30.0. The number of halogens is 1. The van der Waals surface area contributed by atoms with Crippen LogP contribution in [-0.2, 0) is 27.7 Å². The number of unbranched alkanes of at least 4 members (excludes halogenated alkanes) is 2. The lowest BCUT2D eigenvalue weighted by molar-refractivity contribution is -0.205. The quantitative estimate of drug-likeness (QED) is 0.147. The Labute approximate surface area is 273 Å². The summed E-state index contributed by atoms with van der Waals surface area (Å²) in [7, 11) is -4.39. The number of nitrogens with one attached hydrogen (secondary N) is 1. The molecule has 1 aliphatic heterocycles. The van der Waals surface area contributed by atoms with Gasteiger partial charge in [0.15, 0.2) is 11.3 Å². The standard InChI is InChI=1S/C29H50FN2O10PS2/c1-20(26(2,3)4)44-17-11-9-15-39-43(38,40-16-10-12-18-45-24(35)27(5,6)7)41-19-29(30)22(34)28(8,37)23(42-29)32-14-13-21(33)31-25(32)36/h13-14,20,22-23,34,37H,9-12,15-19H2,1-8H3,(H,31,33,36)/t20?,22-,23+,28+,29+,43?/m0/s1. The van der Waals surface area contributed by atoms with Crippen molar-refractivity contribution in [2.24, 2.45) is 10.8 Å². The fraction of sp³-hybridized carbons (Fsp3) is 0.828. The summed E-state index contributed by atoms with van der Waals surface area (Å²) in [6.45, 7) is 14.0. The van der Waals surface area contributed by atoms with Crippen molar-refractivity contribution in [1.82, 2.24) is 9.55 Å². The highest BCUT2D eigenvalue weighted by atomic mass is 32.2. The van der Waals surface area contributed by atoms with Crippen molar-refractivity contribution in [3.8, 4) is 0 Å². The first-order valence-corrected chi connectivity index (χ1v) is 18.5. The summed E-state index contributed by atoms with van der Waals surface area (Å²) in [6.07, 6.45) is -0.744. The van der Waals surface area contributed by atoms with E-state index < -0.39 is 54.9 Å². The molecule has 2 unspecified atom stereocenters. The van der Waals surface area contributed by atoms with Gasteiger partial charge in [-0.1, -0.05) is 60.2 Å². The molecule has 1 saturated heterocycles. The second-order valence-corrected chi connectivity index (χ2v) is 17.7. The number of carbonyl (C=O) groups is 1. The molecule has 0 saturated carbocycles. The van der Waals surface area contributed by atoms with Crippen LogP contribution in [0.2, 0.25) is 0 Å². The van der Waals surface area contributed by atoms with Crippen LogP contribution in [0.15, 0.2) is 21.9 Å². The first kappa shape index (κ1) is 40.1. The molecule has 2 heterocycles. The normalized spacial score (nSPS) is 26.1. The van der Waals surface area contributed by atoms with Crippen LogP contribution in [-0.4, -0.2) is 79.0 Å². The minimum absolute atomic E-state index is 0.00647. The Morgan fingerprint density at radius 2 is 1.69 bits per heavy atom. The number of H-pyrrole nitrogens is 1. The highest BCUT2D eigenvalue weighted by Gasteiger charge is 2.63. The lowest BCUT2D eigenvalue weighted by Gasteiger charge is -2.28. The van der Waals surface area contributed by atoms with Gasteiger partial charge in [-0.05, 0) is 43.8 Å². The van der Waals surface area contributed by atoms with E-state index in [1.165, 1.54) is 11.8 Å². The van der Waals surface area contributed by atoms with Crippen molar-refractivity contribution in [2.45, 2.75) is 110 Å². The zero-order chi connectivity index (χ0) is 34.3. The number of aliphatic hydroxyl groups excluding tert-OH is 1. The maximum absolute atomic E-state index is 16.0. The molecule has 45 heavy (non-hydrogen) atoms. The van der Waals surface area contributed by atoms with Crippen LogP contribution < -0.4 is 11.2 Å². The molecule has 3 N–H and O–H groups in total. The number of aromatic nitrogens is 2. The number of thioether (sulfide) groups is 2. The van der Waals surface area contributed by atoms with E-state index in [4.69, 9.17) is 18.3 Å². The molecule has 0 aromatic carbocycles. The van der Waals surface area contributed by atoms with E-state index in [0.29, 0.717) is 30.3 Å². The number of aliphatic hydroxyl groups is 2. The highest BCUT2D eigenvalue weighted by Crippen LogP contribution is 2.53. The van der Waals surface area contributed by atoms with E-state index in [1.54, 1.807) is 0 Å². The van der Waals surface area contributed by atoms with Crippen LogP contribution in [0, 0.1) is 10.8 Å². The van der Waals surface area contributed by atoms with Crippen molar-refractivity contribution >= 4 is 36.5 Å². The van der Waals surface area contributed by atoms with E-state index in [2.05, 4.69) is 27.7 Å². The number of phosphoric ester groups is 1. The smallest absolute Gasteiger partial charge is 0.384 e. The van der Waals surface area contributed by atoms with Gasteiger partial charge in [-0.3, -0.25) is 32.7 Å². The molecular weight excluding hydrogens is 650 g/mol. The predicted octanol–water partition coefficient (Wildman–Crippen LogP) is 5.04. The number of hydrogen-bond acceptors (Lipinski definition) is 12. The number of nitrogens with zero attached hydrogens (tertiary/aromatic N) is 1. The van der Waals surface area contributed by atoms with Crippen LogP contribution in [0.4, 0.5) is 4.39 Å². The number of aromatic amines is 1. The second kappa shape index (κ2) is 16.4. The van der Waals surface area contributed by atoms with E-state index in [1.807, 2.05) is 37.5 Å². The molecular formula is C29H50FN2O10PS2. The molecule has 260 valence electrons. The van der Waals surface area contributed by atoms with Gasteiger partial charge in [0.05, 0.1) is 13.2 Å². The maximum atomic E-state index is 16.0. The molecule has 1 aliphatic rings. The van der Waals surface area contributed by atoms with Crippen molar-refractivity contribution < 1.29 is 42.3 Å². The van der Waals surface area contributed by atoms with Crippen molar-refractivity contribution in [3.05, 3.63) is 33.1 Å². The fourth-order valence-corrected chi connectivity index (χ4v) is 7.39. The molecule has 0 amide bonds. The van der Waals surface area contributed by atoms with Crippen LogP contribution in [0.3, 0.4) is 0 Å². The summed E-state index contributed by atoms with van der Waals surface area (Å²) in [6, 6.07) is 0.970. The third kappa shape index (κ3) is 11.9. The molecule has 0 aliphatic carbocycles. The molecule has 6 atom stereocenters. The van der Waals surface area contributed by atoms with Gasteiger partial charge in [-0.25, -0.2) is 13.8 Å². The average Bonchev–Trinajstić information content (AvgIpc) is 3.10. The number of hydrogen-bond donors (Lipinski definition) is 3. The Morgan fingerprint density at radius 1 is 1.11 bits per heavy atom. The van der Waals surface area contributed by atoms with E-state index in [0.717, 1.165) is 35.9 Å². The van der Waals surface area contributed by atoms with E-state index in [9.17, 15) is 29.2 Å². The van der Waals surface area contributed by atoms with Crippen LogP contribution in [0.1, 0.15) is 87.3 Å². The molecule has 1 aromatic rings. The molecule has 1 aromatic heterocycles. The molecule has 2 rings (SSSR count). The average molecular weight is 701 g/mol. The summed E-state index contributed by atoms with van der Waals surface area (Å²) in [5.74, 6) is -1.74. The molecule has 0 bridgehead atoms. The zero-order valence-electron chi connectivity index (χ0n) is 27.5. The lowest BCUT2D eigenvalue weighted by atomic mass is 9.93. The highest BCUT2D eigenvalue weighted by molar-refractivity contribution is 8.13. The maximum Gasteiger partial charge on any atom is 0.474 e. The lowest BCUT2D eigenvalue weighted by Crippen LogP contribution is -2.50. The Bertz CT molecular complexity index is 1280. The number of carbonyl (C=O) groups excluding carboxylic acids is 1. The van der Waals surface area contributed by atoms with Gasteiger partial charge in [0.2, 0.25) is 0 Å². The summed E-state index contributed by atoms with van der Waals surface area (Å²) in [5.41, 5.74) is -4.38. The van der Waals surface area contributed by atoms with Gasteiger partial charge in [-0.2, -0.15) is 11.8 Å². The third-order valence-electron chi connectivity index (χ3n) is 7.30. The Hall–Kier alpha value is -1.03. The minimum atomic E-state index is -4.39. The van der Waals surface area contributed by atoms with Gasteiger partial charge in [0.1, 0.15) is 18.3 Å². The van der Waals surface area contributed by atoms with Gasteiger partial charge in [0.25, 0.3) is 11.4 Å². The Morgan fingerprint density at radius 3 is 2.22 bits per heavy atom. The molecule has 0 radical (unpaired) electrons. The van der Waals surface area contributed by atoms with Crippen molar-refractivity contribution in [1.29, 1.82) is 0 Å². The topological polar surface area (TPSA) is 166 Å². The summed E-state index contributed by atoms with van der Waals surface area (Å²) in [4.78, 5) is 37.8. The largest absolute Gasteiger partial charge is 0.474 e. The van der Waals surface area contributed by atoms with Gasteiger partial charge in [-0.15, -0.1) is 0 Å². The summed E-state index contributed by atoms with van der Waals surface area (Å²) >= 11 is 3.02. The first-order valence-electron chi connectivity index (χ1n) is 15.0. The number of alkyl halides is 1. The van der Waals surface area contributed by atoms with E-state index >= 15 is 4.39 Å². The van der Waals surface area contributed by atoms with Crippen molar-refractivity contribution in [3.63, 3.8) is 0 Å². The third-order valence-corrected chi connectivity index (χ3v) is 11.8. The van der Waals surface area contributed by atoms with Crippen LogP contribution in [0.25, 0.3) is 0 Å². The first-order chi connectivity index (χ1) is 20.6. The minimum Gasteiger partial charge on any atom is -0.384 e. The van der Waals surface area contributed by atoms with Gasteiger partial charge >= 0.3 is 13.5 Å². The second-order valence-electron chi connectivity index (χ2n) is 13.5. The number of phosphoric acid groups is 1. The monoisotopic (exact) mass is 700 g/mol. The Kier molecular flexibility index (Phi) is 14.6. The van der Waals surface area contributed by atoms with E-state index in [-0.39, 0.29) is 23.7 Å². The molecule has 0 spiro atoms. The SMILES string of the molecule is CC(SCCCCOP(=O)(OCCCCSC(=O)C(C)(C)C)OC[C@@]1(F)O[C@@H](n2ccc(=O)[nH]c2=O)[C@](C)(O)[C@@H]1O)C(C)(C)C. The molecule has 1 fully saturated rings. The van der Waals surface area contributed by atoms with Gasteiger partial charge in [0, 0.05) is 28.7 Å². The van der Waals surface area contributed by atoms with Gasteiger partial charge < -0.3 is 14.9 Å². The fourth-order valence-electron chi connectivity index (χ4n) is 3.94. The van der Waals surface area contributed by atoms with Crippen molar-refractivity contribution in [2.75, 3.05) is 31.3 Å². The number of rotatable bonds is 17. The molecule has 12 nitrogen and oxygen atoms in total. The van der Waals surface area contributed by atoms with Crippen LogP contribution >= 0.6 is 31.3 Å². The molecule has 16 heteroatoms.